The number of pyridine rings is 2. The van der Waals surface area contributed by atoms with E-state index < -0.39 is 28.8 Å². The fourth-order valence-electron chi connectivity index (χ4n) is 2.56. The van der Waals surface area contributed by atoms with Crippen LogP contribution in [0.5, 0.6) is 0 Å². The van der Waals surface area contributed by atoms with E-state index >= 15 is 0 Å². The van der Waals surface area contributed by atoms with Crippen molar-refractivity contribution in [3.8, 4) is 0 Å². The first-order valence-electron chi connectivity index (χ1n) is 8.68. The van der Waals surface area contributed by atoms with Crippen molar-refractivity contribution >= 4 is 23.0 Å². The number of aryl methyl sites for hydroxylation is 1. The van der Waals surface area contributed by atoms with Crippen molar-refractivity contribution in [2.45, 2.75) is 53.2 Å². The van der Waals surface area contributed by atoms with Crippen molar-refractivity contribution in [2.75, 3.05) is 6.61 Å². The Morgan fingerprint density at radius 1 is 1.26 bits per heavy atom. The SMILES string of the molecule is CCOC(=O)c1cn(CC)c2nc(CC(=O)OC(C)(C)C)c(F)cc2c1=O. The zero-order valence-corrected chi connectivity index (χ0v) is 16.1. The molecule has 0 bridgehead atoms. The third-order valence-corrected chi connectivity index (χ3v) is 3.64. The van der Waals surface area contributed by atoms with E-state index in [1.54, 1.807) is 39.2 Å². The Balaban J connectivity index is 2.56. The maximum atomic E-state index is 14.5. The van der Waals surface area contributed by atoms with Crippen LogP contribution in [0.3, 0.4) is 0 Å². The standard InChI is InChI=1S/C19H23FN2O5/c1-6-22-10-12(18(25)26-7-2)16(24)11-8-13(20)14(21-17(11)22)9-15(23)27-19(3,4)5/h8,10H,6-7,9H2,1-5H3. The Kier molecular flexibility index (Phi) is 5.98. The second kappa shape index (κ2) is 7.85. The summed E-state index contributed by atoms with van der Waals surface area (Å²) in [4.78, 5) is 40.7. The van der Waals surface area contributed by atoms with E-state index in [-0.39, 0.29) is 35.3 Å². The molecule has 2 aromatic rings. The fraction of sp³-hybridized carbons (Fsp3) is 0.474. The van der Waals surface area contributed by atoms with Crippen LogP contribution < -0.4 is 5.43 Å². The molecule has 0 radical (unpaired) electrons. The molecule has 0 aliphatic heterocycles. The molecule has 0 unspecified atom stereocenters. The highest BCUT2D eigenvalue weighted by molar-refractivity contribution is 5.93. The third-order valence-electron chi connectivity index (χ3n) is 3.64. The largest absolute Gasteiger partial charge is 0.462 e. The van der Waals surface area contributed by atoms with Gasteiger partial charge < -0.3 is 14.0 Å². The molecule has 146 valence electrons. The van der Waals surface area contributed by atoms with E-state index in [1.165, 1.54) is 6.20 Å². The van der Waals surface area contributed by atoms with Gasteiger partial charge >= 0.3 is 11.9 Å². The molecule has 27 heavy (non-hydrogen) atoms. The Morgan fingerprint density at radius 2 is 1.93 bits per heavy atom. The number of hydrogen-bond donors (Lipinski definition) is 0. The molecule has 0 fully saturated rings. The van der Waals surface area contributed by atoms with Gasteiger partial charge in [0.05, 0.1) is 24.1 Å². The monoisotopic (exact) mass is 378 g/mol. The van der Waals surface area contributed by atoms with Gasteiger partial charge in [0.25, 0.3) is 0 Å². The zero-order chi connectivity index (χ0) is 20.4. The second-order valence-corrected chi connectivity index (χ2v) is 6.93. The predicted molar refractivity (Wildman–Crippen MR) is 97.1 cm³/mol. The minimum absolute atomic E-state index is 0.0483. The minimum atomic E-state index is -0.811. The molecule has 0 aliphatic carbocycles. The summed E-state index contributed by atoms with van der Waals surface area (Å²) >= 11 is 0. The van der Waals surface area contributed by atoms with Crippen LogP contribution in [0.1, 0.15) is 50.7 Å². The molecule has 0 aliphatic rings. The molecule has 0 amide bonds. The lowest BCUT2D eigenvalue weighted by Crippen LogP contribution is -2.26. The number of esters is 2. The predicted octanol–water partition coefficient (Wildman–Crippen LogP) is 2.62. The smallest absolute Gasteiger partial charge is 0.343 e. The number of hydrogen-bond acceptors (Lipinski definition) is 6. The van der Waals surface area contributed by atoms with Gasteiger partial charge in [0.15, 0.2) is 0 Å². The van der Waals surface area contributed by atoms with Gasteiger partial charge in [-0.1, -0.05) is 0 Å². The van der Waals surface area contributed by atoms with Crippen LogP contribution >= 0.6 is 0 Å². The van der Waals surface area contributed by atoms with Crippen molar-refractivity contribution < 1.29 is 23.5 Å². The normalized spacial score (nSPS) is 11.5. The van der Waals surface area contributed by atoms with Crippen LogP contribution in [0.2, 0.25) is 0 Å². The number of halogens is 1. The van der Waals surface area contributed by atoms with Crippen LogP contribution in [0.4, 0.5) is 4.39 Å². The minimum Gasteiger partial charge on any atom is -0.462 e. The van der Waals surface area contributed by atoms with E-state index in [0.29, 0.717) is 6.54 Å². The Morgan fingerprint density at radius 3 is 2.48 bits per heavy atom. The van der Waals surface area contributed by atoms with E-state index in [1.807, 2.05) is 0 Å². The van der Waals surface area contributed by atoms with E-state index in [0.717, 1.165) is 6.07 Å². The average Bonchev–Trinajstić information content (AvgIpc) is 2.55. The summed E-state index contributed by atoms with van der Waals surface area (Å²) < 4.78 is 26.1. The first kappa shape index (κ1) is 20.5. The fourth-order valence-corrected chi connectivity index (χ4v) is 2.56. The Labute approximate surface area is 156 Å². The topological polar surface area (TPSA) is 87.5 Å². The van der Waals surface area contributed by atoms with Gasteiger partial charge in [-0.25, -0.2) is 14.2 Å². The first-order valence-corrected chi connectivity index (χ1v) is 8.68. The van der Waals surface area contributed by atoms with E-state index in [4.69, 9.17) is 9.47 Å². The molecule has 0 atom stereocenters. The van der Waals surface area contributed by atoms with Crippen LogP contribution in [0, 0.1) is 5.82 Å². The molecule has 2 heterocycles. The van der Waals surface area contributed by atoms with Gasteiger partial charge in [0, 0.05) is 12.7 Å². The summed E-state index contributed by atoms with van der Waals surface area (Å²) in [7, 11) is 0. The number of aromatic nitrogens is 2. The molecule has 7 nitrogen and oxygen atoms in total. The lowest BCUT2D eigenvalue weighted by atomic mass is 10.1. The maximum Gasteiger partial charge on any atom is 0.343 e. The highest BCUT2D eigenvalue weighted by Crippen LogP contribution is 2.17. The van der Waals surface area contributed by atoms with Gasteiger partial charge in [-0.3, -0.25) is 9.59 Å². The summed E-state index contributed by atoms with van der Waals surface area (Å²) in [6.45, 7) is 9.04. The lowest BCUT2D eigenvalue weighted by Gasteiger charge is -2.19. The Hall–Kier alpha value is -2.77. The van der Waals surface area contributed by atoms with Crippen LogP contribution in [0.15, 0.2) is 17.1 Å². The zero-order valence-electron chi connectivity index (χ0n) is 16.1. The molecule has 2 rings (SSSR count). The molecule has 8 heteroatoms. The van der Waals surface area contributed by atoms with Gasteiger partial charge in [-0.05, 0) is 40.7 Å². The van der Waals surface area contributed by atoms with Crippen molar-refractivity contribution in [3.63, 3.8) is 0 Å². The molecule has 0 saturated carbocycles. The van der Waals surface area contributed by atoms with E-state index in [2.05, 4.69) is 4.98 Å². The molecular weight excluding hydrogens is 355 g/mol. The van der Waals surface area contributed by atoms with Crippen LogP contribution in [-0.2, 0) is 27.2 Å². The van der Waals surface area contributed by atoms with Gasteiger partial charge in [-0.2, -0.15) is 0 Å². The number of nitrogens with zero attached hydrogens (tertiary/aromatic N) is 2. The van der Waals surface area contributed by atoms with Gasteiger partial charge in [0.2, 0.25) is 5.43 Å². The lowest BCUT2D eigenvalue weighted by molar-refractivity contribution is -0.154. The first-order chi connectivity index (χ1) is 12.6. The summed E-state index contributed by atoms with van der Waals surface area (Å²) in [6.07, 6.45) is 0.974. The molecule has 0 N–H and O–H groups in total. The van der Waals surface area contributed by atoms with Crippen molar-refractivity contribution in [3.05, 3.63) is 39.6 Å². The average molecular weight is 378 g/mol. The number of ether oxygens (including phenoxy) is 2. The van der Waals surface area contributed by atoms with Gasteiger partial charge in [0.1, 0.15) is 22.6 Å². The summed E-state index contributed by atoms with van der Waals surface area (Å²) in [6, 6.07) is 0.999. The summed E-state index contributed by atoms with van der Waals surface area (Å²) in [5, 5.41) is -0.0483. The summed E-state index contributed by atoms with van der Waals surface area (Å²) in [5.41, 5.74) is -1.49. The maximum absolute atomic E-state index is 14.5. The molecule has 0 spiro atoms. The van der Waals surface area contributed by atoms with Crippen LogP contribution in [0.25, 0.3) is 11.0 Å². The number of carbonyl (C=O) groups is 2. The molecule has 0 aromatic carbocycles. The quantitative estimate of drug-likeness (QED) is 0.743. The van der Waals surface area contributed by atoms with Crippen LogP contribution in [-0.4, -0.2) is 33.7 Å². The molecule has 2 aromatic heterocycles. The van der Waals surface area contributed by atoms with Crippen molar-refractivity contribution in [1.82, 2.24) is 9.55 Å². The molecular formula is C19H23FN2O5. The number of fused-ring (bicyclic) bond motifs is 1. The number of rotatable bonds is 5. The highest BCUT2D eigenvalue weighted by atomic mass is 19.1. The van der Waals surface area contributed by atoms with Crippen molar-refractivity contribution in [1.29, 1.82) is 0 Å². The molecule has 0 saturated heterocycles. The summed E-state index contributed by atoms with van der Waals surface area (Å²) in [5.74, 6) is -2.21. The van der Waals surface area contributed by atoms with Crippen molar-refractivity contribution in [2.24, 2.45) is 0 Å². The second-order valence-electron chi connectivity index (χ2n) is 6.93. The van der Waals surface area contributed by atoms with Gasteiger partial charge in [-0.15, -0.1) is 0 Å². The Bertz CT molecular complexity index is 944. The van der Waals surface area contributed by atoms with E-state index in [9.17, 15) is 18.8 Å². The third kappa shape index (κ3) is 4.69. The number of carbonyl (C=O) groups excluding carboxylic acids is 2. The highest BCUT2D eigenvalue weighted by Gasteiger charge is 2.22.